The van der Waals surface area contributed by atoms with Gasteiger partial charge in [-0.25, -0.2) is 9.97 Å². The molecule has 0 bridgehead atoms. The largest absolute Gasteiger partial charge is 0.454 e. The fourth-order valence-corrected chi connectivity index (χ4v) is 2.79. The normalized spacial score (nSPS) is 12.6. The predicted octanol–water partition coefficient (Wildman–Crippen LogP) is 5.48. The van der Waals surface area contributed by atoms with Crippen LogP contribution in [0.1, 0.15) is 29.2 Å². The van der Waals surface area contributed by atoms with Crippen LogP contribution in [0, 0.1) is 0 Å². The summed E-state index contributed by atoms with van der Waals surface area (Å²) in [4.78, 5) is 18.0. The van der Waals surface area contributed by atoms with Gasteiger partial charge in [-0.3, -0.25) is 4.98 Å². The van der Waals surface area contributed by atoms with Crippen molar-refractivity contribution in [1.29, 1.82) is 0 Å². The Morgan fingerprint density at radius 2 is 1.46 bits per heavy atom. The quantitative estimate of drug-likeness (QED) is 0.391. The maximum Gasteiger partial charge on any atom is 0.433 e. The van der Waals surface area contributed by atoms with E-state index in [1.165, 1.54) is 6.07 Å². The maximum absolute atomic E-state index is 13.0. The SMILES string of the molecule is FC(F)(F)COc1nc(CCCc2ccnc(C(F)(F)F)c2)nc(-c2cccc(C(F)(F)F)n2)n1. The number of nitrogens with zero attached hydrogens (tertiary/aromatic N) is 5. The highest BCUT2D eigenvalue weighted by Gasteiger charge is 2.34. The third kappa shape index (κ3) is 7.75. The first-order chi connectivity index (χ1) is 16.2. The zero-order chi connectivity index (χ0) is 25.9. The van der Waals surface area contributed by atoms with Gasteiger partial charge in [0.15, 0.2) is 12.4 Å². The summed E-state index contributed by atoms with van der Waals surface area (Å²) in [6, 6.07) is 4.26. The first-order valence-electron chi connectivity index (χ1n) is 9.72. The van der Waals surface area contributed by atoms with Crippen LogP contribution in [-0.4, -0.2) is 37.7 Å². The summed E-state index contributed by atoms with van der Waals surface area (Å²) in [6.45, 7) is -1.76. The van der Waals surface area contributed by atoms with Crippen LogP contribution in [0.3, 0.4) is 0 Å². The molecule has 0 N–H and O–H groups in total. The van der Waals surface area contributed by atoms with Crippen molar-refractivity contribution in [2.45, 2.75) is 37.8 Å². The smallest absolute Gasteiger partial charge is 0.433 e. The number of alkyl halides is 9. The first kappa shape index (κ1) is 26.1. The standard InChI is InChI=1S/C20H14F9N5O/c21-18(22,23)10-35-17-33-15(6-1-3-11-7-8-30-14(9-11)20(27,28)29)32-16(34-17)12-4-2-5-13(31-12)19(24,25)26/h2,4-5,7-9H,1,3,6,10H2. The van der Waals surface area contributed by atoms with Gasteiger partial charge in [0.25, 0.3) is 0 Å². The minimum Gasteiger partial charge on any atom is -0.454 e. The van der Waals surface area contributed by atoms with Gasteiger partial charge in [-0.2, -0.15) is 49.5 Å². The second kappa shape index (κ2) is 10.00. The first-order valence-corrected chi connectivity index (χ1v) is 9.72. The number of ether oxygens (including phenoxy) is 1. The Labute approximate surface area is 191 Å². The Hall–Kier alpha value is -3.52. The molecule has 0 fully saturated rings. The summed E-state index contributed by atoms with van der Waals surface area (Å²) in [6.07, 6.45) is -13.0. The molecule has 0 aromatic carbocycles. The van der Waals surface area contributed by atoms with Gasteiger partial charge in [0.05, 0.1) is 0 Å². The van der Waals surface area contributed by atoms with E-state index in [4.69, 9.17) is 0 Å². The van der Waals surface area contributed by atoms with Crippen LogP contribution in [0.15, 0.2) is 36.5 Å². The second-order valence-corrected chi connectivity index (χ2v) is 7.07. The van der Waals surface area contributed by atoms with Crippen molar-refractivity contribution in [2.75, 3.05) is 6.61 Å². The fraction of sp³-hybridized carbons (Fsp3) is 0.350. The van der Waals surface area contributed by atoms with Crippen molar-refractivity contribution in [3.05, 3.63) is 59.3 Å². The van der Waals surface area contributed by atoms with E-state index in [-0.39, 0.29) is 36.3 Å². The van der Waals surface area contributed by atoms with Gasteiger partial charge in [-0.15, -0.1) is 0 Å². The Morgan fingerprint density at radius 1 is 0.743 bits per heavy atom. The summed E-state index contributed by atoms with van der Waals surface area (Å²) in [5.41, 5.74) is -2.46. The van der Waals surface area contributed by atoms with Crippen molar-refractivity contribution < 1.29 is 44.3 Å². The van der Waals surface area contributed by atoms with E-state index >= 15 is 0 Å². The van der Waals surface area contributed by atoms with E-state index < -0.39 is 48.4 Å². The van der Waals surface area contributed by atoms with Gasteiger partial charge in [-0.05, 0) is 42.7 Å². The van der Waals surface area contributed by atoms with Crippen molar-refractivity contribution in [1.82, 2.24) is 24.9 Å². The zero-order valence-corrected chi connectivity index (χ0v) is 17.3. The average molecular weight is 511 g/mol. The molecule has 0 aliphatic rings. The van der Waals surface area contributed by atoms with Gasteiger partial charge < -0.3 is 4.74 Å². The van der Waals surface area contributed by atoms with E-state index in [0.717, 1.165) is 24.4 Å². The molecule has 0 unspecified atom stereocenters. The second-order valence-electron chi connectivity index (χ2n) is 7.07. The van der Waals surface area contributed by atoms with Crippen LogP contribution >= 0.6 is 0 Å². The van der Waals surface area contributed by atoms with Gasteiger partial charge in [0.2, 0.25) is 0 Å². The fourth-order valence-electron chi connectivity index (χ4n) is 2.79. The number of pyridine rings is 2. The number of halogens is 9. The van der Waals surface area contributed by atoms with Crippen LogP contribution in [0.4, 0.5) is 39.5 Å². The number of rotatable bonds is 7. The molecule has 0 amide bonds. The summed E-state index contributed by atoms with van der Waals surface area (Å²) in [5.74, 6) is -0.599. The van der Waals surface area contributed by atoms with Gasteiger partial charge in [0.1, 0.15) is 22.9 Å². The average Bonchev–Trinajstić information content (AvgIpc) is 2.76. The molecule has 0 atom stereocenters. The maximum atomic E-state index is 13.0. The molecule has 0 aliphatic carbocycles. The van der Waals surface area contributed by atoms with E-state index in [1.54, 1.807) is 0 Å². The predicted molar refractivity (Wildman–Crippen MR) is 101 cm³/mol. The van der Waals surface area contributed by atoms with E-state index in [1.807, 2.05) is 0 Å². The van der Waals surface area contributed by atoms with Gasteiger partial charge in [0, 0.05) is 12.6 Å². The highest BCUT2D eigenvalue weighted by Crippen LogP contribution is 2.30. The van der Waals surface area contributed by atoms with Crippen LogP contribution < -0.4 is 4.74 Å². The Morgan fingerprint density at radius 3 is 2.11 bits per heavy atom. The summed E-state index contributed by atoms with van der Waals surface area (Å²) < 4.78 is 119. The summed E-state index contributed by atoms with van der Waals surface area (Å²) in [5, 5.41) is 0. The van der Waals surface area contributed by atoms with Crippen molar-refractivity contribution in [2.24, 2.45) is 0 Å². The van der Waals surface area contributed by atoms with Gasteiger partial charge >= 0.3 is 24.5 Å². The van der Waals surface area contributed by atoms with Crippen LogP contribution in [0.2, 0.25) is 0 Å². The molecule has 35 heavy (non-hydrogen) atoms. The topological polar surface area (TPSA) is 73.7 Å². The molecular weight excluding hydrogens is 497 g/mol. The highest BCUT2D eigenvalue weighted by atomic mass is 19.4. The lowest BCUT2D eigenvalue weighted by atomic mass is 10.1. The molecule has 3 rings (SSSR count). The number of aryl methyl sites for hydroxylation is 2. The lowest BCUT2D eigenvalue weighted by Crippen LogP contribution is -2.21. The highest BCUT2D eigenvalue weighted by molar-refractivity contribution is 5.49. The minimum atomic E-state index is -4.79. The van der Waals surface area contributed by atoms with Crippen LogP contribution in [-0.2, 0) is 25.2 Å². The van der Waals surface area contributed by atoms with Crippen molar-refractivity contribution in [3.63, 3.8) is 0 Å². The molecule has 3 aromatic rings. The molecule has 6 nitrogen and oxygen atoms in total. The van der Waals surface area contributed by atoms with E-state index in [2.05, 4.69) is 29.7 Å². The molecule has 3 aromatic heterocycles. The van der Waals surface area contributed by atoms with Crippen LogP contribution in [0.25, 0.3) is 11.5 Å². The molecule has 188 valence electrons. The lowest BCUT2D eigenvalue weighted by Gasteiger charge is -2.11. The molecule has 0 saturated heterocycles. The van der Waals surface area contributed by atoms with E-state index in [0.29, 0.717) is 6.07 Å². The van der Waals surface area contributed by atoms with Crippen molar-refractivity contribution >= 4 is 0 Å². The number of hydrogen-bond donors (Lipinski definition) is 0. The summed E-state index contributed by atoms with van der Waals surface area (Å²) in [7, 11) is 0. The number of hydrogen-bond acceptors (Lipinski definition) is 6. The lowest BCUT2D eigenvalue weighted by molar-refractivity contribution is -0.154. The molecule has 3 heterocycles. The molecule has 0 spiro atoms. The Balaban J connectivity index is 1.84. The number of aromatic nitrogens is 5. The molecule has 0 saturated carbocycles. The molecule has 0 aliphatic heterocycles. The Bertz CT molecular complexity index is 1160. The molecule has 0 radical (unpaired) electrons. The monoisotopic (exact) mass is 511 g/mol. The summed E-state index contributed by atoms with van der Waals surface area (Å²) >= 11 is 0. The Kier molecular flexibility index (Phi) is 7.45. The van der Waals surface area contributed by atoms with Crippen LogP contribution in [0.5, 0.6) is 6.01 Å². The van der Waals surface area contributed by atoms with Gasteiger partial charge in [-0.1, -0.05) is 6.07 Å². The third-order valence-corrected chi connectivity index (χ3v) is 4.28. The molecular formula is C20H14F9N5O. The van der Waals surface area contributed by atoms with E-state index in [9.17, 15) is 39.5 Å². The zero-order valence-electron chi connectivity index (χ0n) is 17.3. The van der Waals surface area contributed by atoms with Crippen molar-refractivity contribution in [3.8, 4) is 17.5 Å². The third-order valence-electron chi connectivity index (χ3n) is 4.28. The molecule has 15 heteroatoms. The minimum absolute atomic E-state index is 0.0550.